The van der Waals surface area contributed by atoms with Gasteiger partial charge in [0.15, 0.2) is 0 Å². The predicted molar refractivity (Wildman–Crippen MR) is 101 cm³/mol. The lowest BCUT2D eigenvalue weighted by molar-refractivity contribution is -0.117. The first-order valence-corrected chi connectivity index (χ1v) is 8.61. The van der Waals surface area contributed by atoms with E-state index in [1.807, 2.05) is 38.1 Å². The van der Waals surface area contributed by atoms with Gasteiger partial charge in [-0.2, -0.15) is 5.10 Å². The average molecular weight is 382 g/mol. The number of nitrogens with zero attached hydrogens (tertiary/aromatic N) is 2. The Labute approximate surface area is 157 Å². The summed E-state index contributed by atoms with van der Waals surface area (Å²) in [6.07, 6.45) is 3.13. The van der Waals surface area contributed by atoms with Gasteiger partial charge < -0.3 is 10.1 Å². The molecule has 0 aliphatic carbocycles. The minimum Gasteiger partial charge on any atom is -0.383 e. The Balaban J connectivity index is 2.09. The van der Waals surface area contributed by atoms with Crippen molar-refractivity contribution in [3.05, 3.63) is 57.3 Å². The van der Waals surface area contributed by atoms with Gasteiger partial charge in [0.25, 0.3) is 0 Å². The first-order valence-electron chi connectivity index (χ1n) is 7.85. The number of carbonyl (C=O) groups excluding carboxylic acids is 1. The highest BCUT2D eigenvalue weighted by atomic mass is 35.5. The number of halogens is 2. The molecule has 134 valence electrons. The first-order chi connectivity index (χ1) is 11.9. The fraction of sp³-hybridized carbons (Fsp3) is 0.333. The molecule has 7 heteroatoms. The number of hydrogen-bond acceptors (Lipinski definition) is 3. The Kier molecular flexibility index (Phi) is 7.05. The third kappa shape index (κ3) is 5.59. The molecule has 0 aliphatic rings. The van der Waals surface area contributed by atoms with Crippen LogP contribution < -0.4 is 5.32 Å². The molecular formula is C18H21Cl2N3O2. The Morgan fingerprint density at radius 1 is 1.36 bits per heavy atom. The van der Waals surface area contributed by atoms with Crippen LogP contribution in [0.3, 0.4) is 0 Å². The van der Waals surface area contributed by atoms with E-state index in [1.165, 1.54) is 6.08 Å². The highest BCUT2D eigenvalue weighted by Gasteiger charge is 2.12. The molecule has 0 radical (unpaired) electrons. The van der Waals surface area contributed by atoms with Gasteiger partial charge in [0.2, 0.25) is 5.91 Å². The van der Waals surface area contributed by atoms with Gasteiger partial charge >= 0.3 is 0 Å². The van der Waals surface area contributed by atoms with Crippen molar-refractivity contribution in [3.63, 3.8) is 0 Å². The van der Waals surface area contributed by atoms with Gasteiger partial charge in [0.05, 0.1) is 18.8 Å². The summed E-state index contributed by atoms with van der Waals surface area (Å²) in [5.41, 5.74) is 2.52. The molecular weight excluding hydrogens is 361 g/mol. The van der Waals surface area contributed by atoms with Crippen LogP contribution >= 0.6 is 23.2 Å². The molecule has 1 unspecified atom stereocenters. The smallest absolute Gasteiger partial charge is 0.244 e. The summed E-state index contributed by atoms with van der Waals surface area (Å²) in [7, 11) is 1.59. The van der Waals surface area contributed by atoms with Crippen LogP contribution in [0.15, 0.2) is 30.3 Å². The van der Waals surface area contributed by atoms with Crippen LogP contribution in [0.1, 0.15) is 23.7 Å². The lowest BCUT2D eigenvalue weighted by Gasteiger charge is -2.10. The van der Waals surface area contributed by atoms with E-state index >= 15 is 0 Å². The zero-order chi connectivity index (χ0) is 18.4. The molecule has 0 aliphatic heterocycles. The van der Waals surface area contributed by atoms with Crippen molar-refractivity contribution in [1.29, 1.82) is 0 Å². The van der Waals surface area contributed by atoms with Crippen molar-refractivity contribution < 1.29 is 9.53 Å². The molecule has 5 nitrogen and oxygen atoms in total. The van der Waals surface area contributed by atoms with Crippen molar-refractivity contribution in [2.24, 2.45) is 0 Å². The molecule has 0 saturated heterocycles. The maximum absolute atomic E-state index is 11.9. The molecule has 25 heavy (non-hydrogen) atoms. The number of benzene rings is 1. The molecule has 0 saturated carbocycles. The number of amides is 1. The Bertz CT molecular complexity index is 754. The Morgan fingerprint density at radius 2 is 2.04 bits per heavy atom. The molecule has 1 atom stereocenters. The maximum Gasteiger partial charge on any atom is 0.244 e. The molecule has 1 amide bonds. The van der Waals surface area contributed by atoms with Crippen LogP contribution in [-0.4, -0.2) is 35.4 Å². The second-order valence-electron chi connectivity index (χ2n) is 5.77. The summed E-state index contributed by atoms with van der Waals surface area (Å²) in [5.74, 6) is -0.203. The lowest BCUT2D eigenvalue weighted by atomic mass is 10.2. The number of nitrogens with one attached hydrogen (secondary N) is 1. The van der Waals surface area contributed by atoms with E-state index in [9.17, 15) is 4.79 Å². The second-order valence-corrected chi connectivity index (χ2v) is 6.57. The van der Waals surface area contributed by atoms with Gasteiger partial charge in [-0.25, -0.2) is 4.68 Å². The standard InChI is InChI=1S/C18H21Cl2N3O2/c1-12(11-25-3)21-17(24)9-8-16-13(2)22-23(18(16)20)10-14-4-6-15(19)7-5-14/h4-9,12H,10-11H2,1-3H3,(H,21,24). The van der Waals surface area contributed by atoms with Crippen LogP contribution in [0.4, 0.5) is 0 Å². The van der Waals surface area contributed by atoms with Crippen molar-refractivity contribution in [3.8, 4) is 0 Å². The summed E-state index contributed by atoms with van der Waals surface area (Å²) in [4.78, 5) is 11.9. The fourth-order valence-electron chi connectivity index (χ4n) is 2.37. The number of hydrogen-bond donors (Lipinski definition) is 1. The number of aryl methyl sites for hydroxylation is 1. The van der Waals surface area contributed by atoms with E-state index < -0.39 is 0 Å². The predicted octanol–water partition coefficient (Wildman–Crippen LogP) is 3.71. The average Bonchev–Trinajstić information content (AvgIpc) is 2.81. The molecule has 1 heterocycles. The quantitative estimate of drug-likeness (QED) is 0.743. The van der Waals surface area contributed by atoms with Gasteiger partial charge in [-0.05, 0) is 37.6 Å². The summed E-state index contributed by atoms with van der Waals surface area (Å²) in [6.45, 7) is 4.72. The van der Waals surface area contributed by atoms with E-state index in [2.05, 4.69) is 10.4 Å². The maximum atomic E-state index is 11.9. The number of aromatic nitrogens is 2. The van der Waals surface area contributed by atoms with Crippen LogP contribution in [0.25, 0.3) is 6.08 Å². The van der Waals surface area contributed by atoms with Gasteiger partial charge in [-0.15, -0.1) is 0 Å². The third-order valence-corrected chi connectivity index (χ3v) is 4.21. The van der Waals surface area contributed by atoms with Gasteiger partial charge in [-0.1, -0.05) is 35.3 Å². The topological polar surface area (TPSA) is 56.1 Å². The largest absolute Gasteiger partial charge is 0.383 e. The second kappa shape index (κ2) is 9.04. The highest BCUT2D eigenvalue weighted by molar-refractivity contribution is 6.31. The molecule has 1 N–H and O–H groups in total. The molecule has 2 rings (SSSR count). The molecule has 2 aromatic rings. The van der Waals surface area contributed by atoms with Crippen molar-refractivity contribution >= 4 is 35.2 Å². The van der Waals surface area contributed by atoms with Gasteiger partial charge in [0, 0.05) is 29.8 Å². The number of ether oxygens (including phenoxy) is 1. The first kappa shape index (κ1) is 19.5. The van der Waals surface area contributed by atoms with E-state index in [0.717, 1.165) is 16.8 Å². The van der Waals surface area contributed by atoms with E-state index in [4.69, 9.17) is 27.9 Å². The van der Waals surface area contributed by atoms with Gasteiger partial charge in [0.1, 0.15) is 5.15 Å². The van der Waals surface area contributed by atoms with E-state index in [-0.39, 0.29) is 11.9 Å². The molecule has 1 aromatic heterocycles. The van der Waals surface area contributed by atoms with Crippen molar-refractivity contribution in [2.75, 3.05) is 13.7 Å². The van der Waals surface area contributed by atoms with Crippen LogP contribution in [0, 0.1) is 6.92 Å². The zero-order valence-electron chi connectivity index (χ0n) is 14.4. The van der Waals surface area contributed by atoms with E-state index in [0.29, 0.717) is 23.3 Å². The number of carbonyl (C=O) groups is 1. The van der Waals surface area contributed by atoms with E-state index in [1.54, 1.807) is 17.9 Å². The molecule has 0 bridgehead atoms. The number of rotatable bonds is 7. The SMILES string of the molecule is COCC(C)NC(=O)C=Cc1c(C)nn(Cc2ccc(Cl)cc2)c1Cl. The van der Waals surface area contributed by atoms with Gasteiger partial charge in [-0.3, -0.25) is 4.79 Å². The van der Waals surface area contributed by atoms with Crippen LogP contribution in [0.5, 0.6) is 0 Å². The van der Waals surface area contributed by atoms with Crippen LogP contribution in [-0.2, 0) is 16.1 Å². The summed E-state index contributed by atoms with van der Waals surface area (Å²) < 4.78 is 6.69. The lowest BCUT2D eigenvalue weighted by Crippen LogP contribution is -2.34. The van der Waals surface area contributed by atoms with Crippen molar-refractivity contribution in [2.45, 2.75) is 26.4 Å². The fourth-order valence-corrected chi connectivity index (χ4v) is 2.79. The Hall–Kier alpha value is -1.82. The summed E-state index contributed by atoms with van der Waals surface area (Å²) >= 11 is 12.3. The monoisotopic (exact) mass is 381 g/mol. The summed E-state index contributed by atoms with van der Waals surface area (Å²) in [5, 5.41) is 8.42. The zero-order valence-corrected chi connectivity index (χ0v) is 15.9. The number of methoxy groups -OCH3 is 1. The normalized spacial score (nSPS) is 12.5. The Morgan fingerprint density at radius 3 is 2.68 bits per heavy atom. The molecule has 0 spiro atoms. The van der Waals surface area contributed by atoms with Crippen molar-refractivity contribution in [1.82, 2.24) is 15.1 Å². The highest BCUT2D eigenvalue weighted by Crippen LogP contribution is 2.22. The minimum absolute atomic E-state index is 0.0636. The minimum atomic E-state index is -0.203. The van der Waals surface area contributed by atoms with Crippen LogP contribution in [0.2, 0.25) is 10.2 Å². The molecule has 0 fully saturated rings. The molecule has 1 aromatic carbocycles. The third-order valence-electron chi connectivity index (χ3n) is 3.56. The summed E-state index contributed by atoms with van der Waals surface area (Å²) in [6, 6.07) is 7.44.